The molecule has 12 heteroatoms. The number of piperidine rings is 2. The van der Waals surface area contributed by atoms with Gasteiger partial charge >= 0.3 is 12.4 Å². The Hall–Kier alpha value is -2.21. The van der Waals surface area contributed by atoms with Crippen LogP contribution in [-0.2, 0) is 29.0 Å². The summed E-state index contributed by atoms with van der Waals surface area (Å²) in [7, 11) is 0. The maximum atomic E-state index is 14.6. The summed E-state index contributed by atoms with van der Waals surface area (Å²) in [5.74, 6) is -1.00. The Labute approximate surface area is 270 Å². The Morgan fingerprint density at radius 3 is 2.26 bits per heavy atom. The van der Waals surface area contributed by atoms with Crippen LogP contribution in [0.1, 0.15) is 80.0 Å². The zero-order valence-electron chi connectivity index (χ0n) is 25.8. The van der Waals surface area contributed by atoms with Crippen LogP contribution in [0, 0.1) is 5.82 Å². The molecule has 2 aromatic rings. The molecule has 0 aliphatic carbocycles. The minimum atomic E-state index is -5.22. The number of hydrogen-bond acceptors (Lipinski definition) is 4. The van der Waals surface area contributed by atoms with Gasteiger partial charge in [0.15, 0.2) is 5.78 Å². The molecule has 1 N–H and O–H groups in total. The van der Waals surface area contributed by atoms with Crippen LogP contribution in [0.4, 0.5) is 30.7 Å². The van der Waals surface area contributed by atoms with Gasteiger partial charge in [0, 0.05) is 23.0 Å². The Morgan fingerprint density at radius 2 is 1.61 bits per heavy atom. The van der Waals surface area contributed by atoms with Gasteiger partial charge in [-0.1, -0.05) is 30.2 Å². The highest BCUT2D eigenvalue weighted by molar-refractivity contribution is 6.31. The monoisotopic (exact) mass is 675 g/mol. The fourth-order valence-electron chi connectivity index (χ4n) is 7.65. The van der Waals surface area contributed by atoms with Crippen LogP contribution in [0.3, 0.4) is 0 Å². The second-order valence-electron chi connectivity index (χ2n) is 13.1. The molecule has 254 valence electrons. The molecule has 3 aliphatic rings. The Morgan fingerprint density at radius 1 is 0.913 bits per heavy atom. The van der Waals surface area contributed by atoms with Gasteiger partial charge in [0.25, 0.3) is 0 Å². The van der Waals surface area contributed by atoms with E-state index in [4.69, 9.17) is 11.6 Å². The summed E-state index contributed by atoms with van der Waals surface area (Å²) in [5.41, 5.74) is -4.29. The van der Waals surface area contributed by atoms with Crippen LogP contribution >= 0.6 is 11.6 Å². The molecule has 3 heterocycles. The van der Waals surface area contributed by atoms with Gasteiger partial charge in [0.2, 0.25) is 0 Å². The second kappa shape index (κ2) is 14.5. The first-order chi connectivity index (χ1) is 21.8. The highest BCUT2D eigenvalue weighted by Crippen LogP contribution is 2.46. The van der Waals surface area contributed by atoms with Crippen LogP contribution < -0.4 is 5.32 Å². The van der Waals surface area contributed by atoms with Crippen molar-refractivity contribution < 1.29 is 35.5 Å². The van der Waals surface area contributed by atoms with Crippen LogP contribution in [-0.4, -0.2) is 66.9 Å². The predicted octanol–water partition coefficient (Wildman–Crippen LogP) is 8.05. The maximum Gasteiger partial charge on any atom is 0.417 e. The highest BCUT2D eigenvalue weighted by atomic mass is 35.5. The number of likely N-dealkylation sites (tertiary alicyclic amines) is 2. The molecule has 0 spiro atoms. The van der Waals surface area contributed by atoms with Crippen LogP contribution in [0.25, 0.3) is 0 Å². The number of ketones is 1. The number of carbonyl (C=O) groups is 1. The Kier molecular flexibility index (Phi) is 11.1. The third kappa shape index (κ3) is 8.25. The molecular formula is C34H41ClF7N3O. The number of hydrogen-bond donors (Lipinski definition) is 1. The summed E-state index contributed by atoms with van der Waals surface area (Å²) in [6.45, 7) is 4.77. The molecule has 4 nitrogen and oxygen atoms in total. The van der Waals surface area contributed by atoms with Gasteiger partial charge in [-0.3, -0.25) is 4.79 Å². The van der Waals surface area contributed by atoms with Crippen molar-refractivity contribution in [1.29, 1.82) is 0 Å². The van der Waals surface area contributed by atoms with Gasteiger partial charge in [0.05, 0.1) is 17.2 Å². The van der Waals surface area contributed by atoms with E-state index in [1.54, 1.807) is 0 Å². The number of benzene rings is 2. The fraction of sp³-hybridized carbons (Fsp3) is 0.618. The summed E-state index contributed by atoms with van der Waals surface area (Å²) in [6, 6.07) is 6.09. The summed E-state index contributed by atoms with van der Waals surface area (Å²) >= 11 is 6.18. The number of halogens is 8. The summed E-state index contributed by atoms with van der Waals surface area (Å²) < 4.78 is 98.0. The molecule has 2 unspecified atom stereocenters. The molecule has 3 fully saturated rings. The van der Waals surface area contributed by atoms with E-state index in [-0.39, 0.29) is 34.8 Å². The predicted molar refractivity (Wildman–Crippen MR) is 163 cm³/mol. The van der Waals surface area contributed by atoms with E-state index in [9.17, 15) is 35.5 Å². The minimum Gasteiger partial charge on any atom is -0.307 e. The molecule has 46 heavy (non-hydrogen) atoms. The Bertz CT molecular complexity index is 1330. The summed E-state index contributed by atoms with van der Waals surface area (Å²) in [6.07, 6.45) is -3.76. The lowest BCUT2D eigenvalue weighted by Gasteiger charge is -2.42. The van der Waals surface area contributed by atoms with Crippen LogP contribution in [0.15, 0.2) is 36.4 Å². The molecular weight excluding hydrogens is 635 g/mol. The van der Waals surface area contributed by atoms with Crippen molar-refractivity contribution in [1.82, 2.24) is 15.1 Å². The fourth-order valence-corrected chi connectivity index (χ4v) is 7.88. The minimum absolute atomic E-state index is 0.0382. The zero-order valence-corrected chi connectivity index (χ0v) is 26.5. The lowest BCUT2D eigenvalue weighted by atomic mass is 9.69. The number of carbonyl (C=O) groups excluding carboxylic acids is 1. The quantitative estimate of drug-likeness (QED) is 0.288. The molecule has 3 aliphatic heterocycles. The first kappa shape index (κ1) is 35.1. The molecule has 0 radical (unpaired) electrons. The standard InChI is InChI=1S/C34H41ClF7N3O/c35-28-6-4-7-29(36)25(28)21-31(46)30-22-32(12-5-14-43-30,23-8-9-26(33(37,38)39)27(20-23)34(40,41)42)13-19-44-17-10-24(11-18-44)45-15-2-1-3-16-45/h4,6-9,20,24,30,43H,1-3,5,10-19,21-22H2. The number of Topliss-reactive ketones (excluding diaryl/α,β-unsaturated/α-hetero) is 1. The van der Waals surface area contributed by atoms with Gasteiger partial charge in [-0.25, -0.2) is 4.39 Å². The largest absolute Gasteiger partial charge is 0.417 e. The van der Waals surface area contributed by atoms with Crippen molar-refractivity contribution in [2.75, 3.05) is 39.3 Å². The molecule has 2 atom stereocenters. The number of nitrogens with zero attached hydrogens (tertiary/aromatic N) is 2. The van der Waals surface area contributed by atoms with Crippen molar-refractivity contribution in [3.63, 3.8) is 0 Å². The Balaban J connectivity index is 1.43. The molecule has 3 saturated heterocycles. The molecule has 0 aromatic heterocycles. The topological polar surface area (TPSA) is 35.6 Å². The van der Waals surface area contributed by atoms with Crippen molar-refractivity contribution in [3.8, 4) is 0 Å². The molecule has 0 bridgehead atoms. The average Bonchev–Trinajstić information content (AvgIpc) is 3.25. The van der Waals surface area contributed by atoms with Gasteiger partial charge < -0.3 is 15.1 Å². The molecule has 0 saturated carbocycles. The third-order valence-corrected chi connectivity index (χ3v) is 10.6. The van der Waals surface area contributed by atoms with E-state index < -0.39 is 40.8 Å². The number of rotatable bonds is 8. The van der Waals surface area contributed by atoms with Crippen LogP contribution in [0.2, 0.25) is 5.02 Å². The van der Waals surface area contributed by atoms with Gasteiger partial charge in [-0.2, -0.15) is 26.3 Å². The lowest BCUT2D eigenvalue weighted by molar-refractivity contribution is -0.162. The van der Waals surface area contributed by atoms with E-state index in [0.29, 0.717) is 50.5 Å². The van der Waals surface area contributed by atoms with Crippen molar-refractivity contribution in [3.05, 3.63) is 69.5 Å². The lowest BCUT2D eigenvalue weighted by Crippen LogP contribution is -2.48. The SMILES string of the molecule is O=C(Cc1c(F)cccc1Cl)C1CC(CCN2CCC(N3CCCCC3)CC2)(c2ccc(C(F)(F)F)c(C(F)(F)F)c2)CCCN1. The molecule has 2 aromatic carbocycles. The van der Waals surface area contributed by atoms with E-state index >= 15 is 0 Å². The molecule has 5 rings (SSSR count). The van der Waals surface area contributed by atoms with Crippen molar-refractivity contribution in [2.24, 2.45) is 0 Å². The van der Waals surface area contributed by atoms with Gasteiger partial charge in [0.1, 0.15) is 5.82 Å². The first-order valence-electron chi connectivity index (χ1n) is 16.2. The van der Waals surface area contributed by atoms with E-state index in [1.807, 2.05) is 0 Å². The smallest absolute Gasteiger partial charge is 0.307 e. The molecule has 0 amide bonds. The second-order valence-corrected chi connectivity index (χ2v) is 13.5. The van der Waals surface area contributed by atoms with Gasteiger partial charge in [-0.15, -0.1) is 0 Å². The van der Waals surface area contributed by atoms with Crippen molar-refractivity contribution >= 4 is 17.4 Å². The third-order valence-electron chi connectivity index (χ3n) is 10.2. The van der Waals surface area contributed by atoms with E-state index in [0.717, 1.165) is 45.1 Å². The highest BCUT2D eigenvalue weighted by Gasteiger charge is 2.46. The van der Waals surface area contributed by atoms with Crippen molar-refractivity contribution in [2.45, 2.75) is 94.1 Å². The summed E-state index contributed by atoms with van der Waals surface area (Å²) in [4.78, 5) is 18.5. The zero-order chi connectivity index (χ0) is 33.1. The number of alkyl halides is 6. The summed E-state index contributed by atoms with van der Waals surface area (Å²) in [5, 5.41) is 3.29. The van der Waals surface area contributed by atoms with Gasteiger partial charge in [-0.05, 0) is 126 Å². The average molecular weight is 676 g/mol. The normalized spacial score (nSPS) is 24.6. The maximum absolute atomic E-state index is 14.6. The van der Waals surface area contributed by atoms with E-state index in [2.05, 4.69) is 15.1 Å². The first-order valence-corrected chi connectivity index (χ1v) is 16.6. The van der Waals surface area contributed by atoms with E-state index in [1.165, 1.54) is 37.5 Å². The van der Waals surface area contributed by atoms with Crippen LogP contribution in [0.5, 0.6) is 0 Å². The number of nitrogens with one attached hydrogen (secondary N) is 1.